The van der Waals surface area contributed by atoms with Gasteiger partial charge in [-0.25, -0.2) is 0 Å². The minimum Gasteiger partial charge on any atom is -0.198 e. The molecule has 0 radical (unpaired) electrons. The van der Waals surface area contributed by atoms with Crippen molar-refractivity contribution in [2.24, 2.45) is 0 Å². The first-order valence-corrected chi connectivity index (χ1v) is 5.61. The normalized spacial score (nSPS) is 10.4. The first-order valence-electron chi connectivity index (χ1n) is 4.85. The second kappa shape index (κ2) is 4.76. The zero-order chi connectivity index (χ0) is 11.5. The molecule has 0 aliphatic heterocycles. The number of halogens is 2. The monoisotopic (exact) mass is 253 g/mol. The van der Waals surface area contributed by atoms with Crippen molar-refractivity contribution in [2.45, 2.75) is 13.3 Å². The van der Waals surface area contributed by atoms with Gasteiger partial charge in [0.15, 0.2) is 5.82 Å². The standard InChI is InChI=1S/C11H9Cl2N3/c1-2-7-4-3-5-8(6-7)9-14-10(12)16-11(13)15-9/h3-6H,2H2,1H3. The van der Waals surface area contributed by atoms with E-state index in [9.17, 15) is 0 Å². The van der Waals surface area contributed by atoms with E-state index in [1.54, 1.807) is 0 Å². The van der Waals surface area contributed by atoms with Gasteiger partial charge in [0.05, 0.1) is 0 Å². The Bertz CT molecular complexity index is 494. The summed E-state index contributed by atoms with van der Waals surface area (Å²) in [5, 5.41) is 0.216. The van der Waals surface area contributed by atoms with Crippen LogP contribution in [0.15, 0.2) is 24.3 Å². The van der Waals surface area contributed by atoms with Crippen LogP contribution in [0.3, 0.4) is 0 Å². The molecule has 0 unspecified atom stereocenters. The highest BCUT2D eigenvalue weighted by Gasteiger charge is 2.06. The topological polar surface area (TPSA) is 38.7 Å². The summed E-state index contributed by atoms with van der Waals surface area (Å²) >= 11 is 11.5. The molecule has 0 N–H and O–H groups in total. The molecule has 0 aliphatic rings. The summed E-state index contributed by atoms with van der Waals surface area (Å²) in [7, 11) is 0. The molecule has 0 atom stereocenters. The Morgan fingerprint density at radius 2 is 1.75 bits per heavy atom. The summed E-state index contributed by atoms with van der Waals surface area (Å²) in [4.78, 5) is 11.8. The Kier molecular flexibility index (Phi) is 3.36. The van der Waals surface area contributed by atoms with E-state index < -0.39 is 0 Å². The Labute approximate surface area is 103 Å². The molecular formula is C11H9Cl2N3. The third-order valence-electron chi connectivity index (χ3n) is 2.17. The molecule has 82 valence electrons. The molecule has 16 heavy (non-hydrogen) atoms. The van der Waals surface area contributed by atoms with E-state index in [2.05, 4.69) is 21.9 Å². The molecular weight excluding hydrogens is 245 g/mol. The van der Waals surface area contributed by atoms with Crippen LogP contribution < -0.4 is 0 Å². The molecule has 1 aromatic carbocycles. The van der Waals surface area contributed by atoms with E-state index in [-0.39, 0.29) is 10.6 Å². The summed E-state index contributed by atoms with van der Waals surface area (Å²) in [6.07, 6.45) is 0.959. The third-order valence-corrected chi connectivity index (χ3v) is 2.51. The number of rotatable bonds is 2. The molecule has 2 rings (SSSR count). The molecule has 0 saturated carbocycles. The lowest BCUT2D eigenvalue weighted by Gasteiger charge is -2.02. The van der Waals surface area contributed by atoms with Crippen LogP contribution in [0, 0.1) is 0 Å². The maximum atomic E-state index is 5.73. The van der Waals surface area contributed by atoms with Gasteiger partial charge >= 0.3 is 0 Å². The van der Waals surface area contributed by atoms with Crippen molar-refractivity contribution in [3.05, 3.63) is 40.4 Å². The molecule has 1 aromatic heterocycles. The number of nitrogens with zero attached hydrogens (tertiary/aromatic N) is 3. The Morgan fingerprint density at radius 3 is 2.38 bits per heavy atom. The molecule has 0 amide bonds. The smallest absolute Gasteiger partial charge is 0.198 e. The van der Waals surface area contributed by atoms with Gasteiger partial charge < -0.3 is 0 Å². The van der Waals surface area contributed by atoms with Crippen molar-refractivity contribution in [2.75, 3.05) is 0 Å². The van der Waals surface area contributed by atoms with E-state index >= 15 is 0 Å². The average molecular weight is 254 g/mol. The largest absolute Gasteiger partial charge is 0.227 e. The van der Waals surface area contributed by atoms with Gasteiger partial charge in [-0.3, -0.25) is 0 Å². The zero-order valence-corrected chi connectivity index (χ0v) is 10.1. The molecule has 3 nitrogen and oxygen atoms in total. The molecule has 2 aromatic rings. The highest BCUT2D eigenvalue weighted by Crippen LogP contribution is 2.19. The SMILES string of the molecule is CCc1cccc(-c2nc(Cl)nc(Cl)n2)c1. The summed E-state index contributed by atoms with van der Waals surface area (Å²) in [6, 6.07) is 7.94. The zero-order valence-electron chi connectivity index (χ0n) is 8.61. The molecule has 0 aliphatic carbocycles. The predicted molar refractivity (Wildman–Crippen MR) is 64.7 cm³/mol. The van der Waals surface area contributed by atoms with Crippen LogP contribution >= 0.6 is 23.2 Å². The van der Waals surface area contributed by atoms with E-state index in [1.807, 2.05) is 24.3 Å². The van der Waals surface area contributed by atoms with Gasteiger partial charge in [0.1, 0.15) is 0 Å². The highest BCUT2D eigenvalue weighted by atomic mass is 35.5. The Hall–Kier alpha value is -1.19. The minimum absolute atomic E-state index is 0.108. The molecule has 1 heterocycles. The minimum atomic E-state index is 0.108. The Balaban J connectivity index is 2.49. The van der Waals surface area contributed by atoms with Gasteiger partial charge in [-0.1, -0.05) is 25.1 Å². The van der Waals surface area contributed by atoms with Crippen molar-refractivity contribution in [3.63, 3.8) is 0 Å². The second-order valence-corrected chi connectivity index (χ2v) is 3.93. The molecule has 5 heteroatoms. The fourth-order valence-corrected chi connectivity index (χ4v) is 1.75. The number of hydrogen-bond acceptors (Lipinski definition) is 3. The van der Waals surface area contributed by atoms with Gasteiger partial charge in [0, 0.05) is 5.56 Å². The Morgan fingerprint density at radius 1 is 1.06 bits per heavy atom. The van der Waals surface area contributed by atoms with Crippen molar-refractivity contribution in [3.8, 4) is 11.4 Å². The summed E-state index contributed by atoms with van der Waals surface area (Å²) in [6.45, 7) is 2.09. The van der Waals surface area contributed by atoms with Gasteiger partial charge in [-0.15, -0.1) is 0 Å². The lowest BCUT2D eigenvalue weighted by molar-refractivity contribution is 1.05. The van der Waals surface area contributed by atoms with E-state index in [4.69, 9.17) is 23.2 Å². The van der Waals surface area contributed by atoms with Crippen molar-refractivity contribution in [1.29, 1.82) is 0 Å². The number of aromatic nitrogens is 3. The van der Waals surface area contributed by atoms with Gasteiger partial charge in [0.25, 0.3) is 0 Å². The van der Waals surface area contributed by atoms with Crippen LogP contribution in [0.5, 0.6) is 0 Å². The molecule has 0 saturated heterocycles. The van der Waals surface area contributed by atoms with Crippen LogP contribution in [-0.4, -0.2) is 15.0 Å². The van der Waals surface area contributed by atoms with Crippen LogP contribution in [0.4, 0.5) is 0 Å². The summed E-state index contributed by atoms with van der Waals surface area (Å²) < 4.78 is 0. The van der Waals surface area contributed by atoms with Crippen LogP contribution in [0.1, 0.15) is 12.5 Å². The fourth-order valence-electron chi connectivity index (χ4n) is 1.39. The second-order valence-electron chi connectivity index (χ2n) is 3.25. The highest BCUT2D eigenvalue weighted by molar-refractivity contribution is 6.31. The quantitative estimate of drug-likeness (QED) is 0.824. The van der Waals surface area contributed by atoms with Crippen molar-refractivity contribution in [1.82, 2.24) is 15.0 Å². The number of aryl methyl sites for hydroxylation is 1. The molecule has 0 spiro atoms. The number of hydrogen-bond donors (Lipinski definition) is 0. The average Bonchev–Trinajstić information content (AvgIpc) is 2.28. The summed E-state index contributed by atoms with van der Waals surface area (Å²) in [5.74, 6) is 0.500. The molecule has 0 bridgehead atoms. The van der Waals surface area contributed by atoms with E-state index in [1.165, 1.54) is 5.56 Å². The predicted octanol–water partition coefficient (Wildman–Crippen LogP) is 3.41. The van der Waals surface area contributed by atoms with Gasteiger partial charge in [0.2, 0.25) is 10.6 Å². The first kappa shape index (κ1) is 11.3. The lowest BCUT2D eigenvalue weighted by Crippen LogP contribution is -1.94. The fraction of sp³-hybridized carbons (Fsp3) is 0.182. The van der Waals surface area contributed by atoms with E-state index in [0.29, 0.717) is 5.82 Å². The van der Waals surface area contributed by atoms with Crippen molar-refractivity contribution < 1.29 is 0 Å². The maximum absolute atomic E-state index is 5.73. The third kappa shape index (κ3) is 2.49. The van der Waals surface area contributed by atoms with Gasteiger partial charge in [-0.2, -0.15) is 15.0 Å². The van der Waals surface area contributed by atoms with Gasteiger partial charge in [-0.05, 0) is 41.3 Å². The van der Waals surface area contributed by atoms with Crippen molar-refractivity contribution >= 4 is 23.2 Å². The lowest BCUT2D eigenvalue weighted by atomic mass is 10.1. The van der Waals surface area contributed by atoms with Crippen LogP contribution in [0.2, 0.25) is 10.6 Å². The van der Waals surface area contributed by atoms with Crippen LogP contribution in [0.25, 0.3) is 11.4 Å². The first-order chi connectivity index (χ1) is 7.69. The molecule has 0 fully saturated rings. The van der Waals surface area contributed by atoms with Crippen LogP contribution in [-0.2, 0) is 6.42 Å². The summed E-state index contributed by atoms with van der Waals surface area (Å²) in [5.41, 5.74) is 2.11. The van der Waals surface area contributed by atoms with E-state index in [0.717, 1.165) is 12.0 Å². The maximum Gasteiger partial charge on any atom is 0.227 e. The number of benzene rings is 1.